The number of nitrogens with zero attached hydrogens (tertiary/aromatic N) is 2. The highest BCUT2D eigenvalue weighted by molar-refractivity contribution is 6.00. The molecule has 2 aromatic carbocycles. The number of ether oxygens (including phenoxy) is 2. The van der Waals surface area contributed by atoms with Crippen molar-refractivity contribution in [3.05, 3.63) is 48.0 Å². The Morgan fingerprint density at radius 1 is 1.06 bits per heavy atom. The summed E-state index contributed by atoms with van der Waals surface area (Å²) in [5.41, 5.74) is 1.85. The lowest BCUT2D eigenvalue weighted by Crippen LogP contribution is -2.37. The Morgan fingerprint density at radius 3 is 2.48 bits per heavy atom. The smallest absolute Gasteiger partial charge is 0.254 e. The van der Waals surface area contributed by atoms with Gasteiger partial charge in [0.2, 0.25) is 11.8 Å². The van der Waals surface area contributed by atoms with E-state index in [1.807, 2.05) is 6.92 Å². The van der Waals surface area contributed by atoms with Crippen molar-refractivity contribution in [1.82, 2.24) is 4.90 Å². The second-order valence-electron chi connectivity index (χ2n) is 7.42. The first-order chi connectivity index (χ1) is 15.0. The van der Waals surface area contributed by atoms with E-state index < -0.39 is 0 Å². The highest BCUT2D eigenvalue weighted by Gasteiger charge is 2.23. The Balaban J connectivity index is 1.38. The number of carbonyl (C=O) groups is 3. The fourth-order valence-electron chi connectivity index (χ4n) is 3.71. The molecule has 162 valence electrons. The Hall–Kier alpha value is -3.55. The van der Waals surface area contributed by atoms with Crippen LogP contribution >= 0.6 is 0 Å². The molecule has 2 aliphatic rings. The van der Waals surface area contributed by atoms with E-state index in [-0.39, 0.29) is 24.3 Å². The maximum Gasteiger partial charge on any atom is 0.254 e. The second kappa shape index (κ2) is 9.07. The van der Waals surface area contributed by atoms with Crippen LogP contribution in [0.3, 0.4) is 0 Å². The molecule has 0 aliphatic carbocycles. The van der Waals surface area contributed by atoms with Gasteiger partial charge in [-0.25, -0.2) is 0 Å². The van der Waals surface area contributed by atoms with Crippen molar-refractivity contribution in [3.8, 4) is 11.5 Å². The van der Waals surface area contributed by atoms with Crippen LogP contribution in [0.5, 0.6) is 11.5 Å². The van der Waals surface area contributed by atoms with E-state index >= 15 is 0 Å². The van der Waals surface area contributed by atoms with Crippen molar-refractivity contribution < 1.29 is 23.9 Å². The molecule has 0 aromatic heterocycles. The molecule has 2 aliphatic heterocycles. The molecule has 1 N–H and O–H groups in total. The molecule has 1 fully saturated rings. The van der Waals surface area contributed by atoms with E-state index in [9.17, 15) is 14.4 Å². The highest BCUT2D eigenvalue weighted by Crippen LogP contribution is 2.32. The van der Waals surface area contributed by atoms with E-state index in [4.69, 9.17) is 9.47 Å². The van der Waals surface area contributed by atoms with E-state index in [2.05, 4.69) is 5.32 Å². The number of anilines is 2. The lowest BCUT2D eigenvalue weighted by molar-refractivity contribution is -0.117. The van der Waals surface area contributed by atoms with Gasteiger partial charge in [-0.2, -0.15) is 0 Å². The number of hydrogen-bond donors (Lipinski definition) is 1. The third-order valence-corrected chi connectivity index (χ3v) is 5.33. The van der Waals surface area contributed by atoms with Gasteiger partial charge in [-0.3, -0.25) is 14.4 Å². The molecule has 2 aromatic rings. The lowest BCUT2D eigenvalue weighted by Gasteiger charge is -2.22. The number of fused-ring (bicyclic) bond motifs is 1. The molecule has 0 bridgehead atoms. The first kappa shape index (κ1) is 20.7. The summed E-state index contributed by atoms with van der Waals surface area (Å²) < 4.78 is 11.0. The first-order valence-corrected chi connectivity index (χ1v) is 10.4. The zero-order chi connectivity index (χ0) is 21.8. The van der Waals surface area contributed by atoms with Crippen LogP contribution in [0.15, 0.2) is 42.5 Å². The number of nitrogens with one attached hydrogen (secondary N) is 1. The van der Waals surface area contributed by atoms with Gasteiger partial charge >= 0.3 is 0 Å². The molecule has 2 heterocycles. The van der Waals surface area contributed by atoms with Gasteiger partial charge in [0.25, 0.3) is 5.91 Å². The average Bonchev–Trinajstić information content (AvgIpc) is 3.23. The van der Waals surface area contributed by atoms with E-state index in [1.54, 1.807) is 47.4 Å². The number of amides is 3. The van der Waals surface area contributed by atoms with Crippen LogP contribution in [0.1, 0.15) is 30.1 Å². The van der Waals surface area contributed by atoms with Crippen molar-refractivity contribution in [2.45, 2.75) is 19.8 Å². The van der Waals surface area contributed by atoms with Crippen LogP contribution in [0, 0.1) is 0 Å². The maximum atomic E-state index is 12.9. The summed E-state index contributed by atoms with van der Waals surface area (Å²) in [4.78, 5) is 40.5. The minimum Gasteiger partial charge on any atom is -0.486 e. The van der Waals surface area contributed by atoms with Gasteiger partial charge < -0.3 is 24.6 Å². The minimum absolute atomic E-state index is 0.0733. The standard InChI is InChI=1S/C23H25N3O5/c1-2-25(15-21(27)24-17-7-10-19-20(14-17)31-13-12-30-19)23(29)16-5-8-18(9-6-16)26-11-3-4-22(26)28/h5-10,14H,2-4,11-13,15H2,1H3,(H,24,27). The number of likely N-dealkylation sites (N-methyl/N-ethyl adjacent to an activating group) is 1. The predicted octanol–water partition coefficient (Wildman–Crippen LogP) is 2.69. The van der Waals surface area contributed by atoms with Gasteiger partial charge in [0, 0.05) is 42.5 Å². The van der Waals surface area contributed by atoms with Crippen LogP contribution in [0.25, 0.3) is 0 Å². The van der Waals surface area contributed by atoms with Crippen LogP contribution < -0.4 is 19.7 Å². The molecular weight excluding hydrogens is 398 g/mol. The van der Waals surface area contributed by atoms with E-state index in [0.29, 0.717) is 55.5 Å². The summed E-state index contributed by atoms with van der Waals surface area (Å²) in [5.74, 6) is 0.799. The van der Waals surface area contributed by atoms with Crippen LogP contribution in [-0.2, 0) is 9.59 Å². The Bertz CT molecular complexity index is 989. The summed E-state index contributed by atoms with van der Waals surface area (Å²) in [6, 6.07) is 12.2. The lowest BCUT2D eigenvalue weighted by atomic mass is 10.1. The molecule has 0 saturated carbocycles. The van der Waals surface area contributed by atoms with E-state index in [1.165, 1.54) is 4.90 Å². The molecule has 0 atom stereocenters. The number of benzene rings is 2. The van der Waals surface area contributed by atoms with Crippen LogP contribution in [-0.4, -0.2) is 55.5 Å². The van der Waals surface area contributed by atoms with Crippen molar-refractivity contribution in [2.24, 2.45) is 0 Å². The normalized spacial score (nSPS) is 15.0. The molecular formula is C23H25N3O5. The fraction of sp³-hybridized carbons (Fsp3) is 0.348. The summed E-state index contributed by atoms with van der Waals surface area (Å²) >= 11 is 0. The predicted molar refractivity (Wildman–Crippen MR) is 116 cm³/mol. The molecule has 0 spiro atoms. The van der Waals surface area contributed by atoms with E-state index in [0.717, 1.165) is 12.1 Å². The number of hydrogen-bond acceptors (Lipinski definition) is 5. The number of carbonyl (C=O) groups excluding carboxylic acids is 3. The number of rotatable bonds is 6. The summed E-state index contributed by atoms with van der Waals surface area (Å²) in [6.07, 6.45) is 1.41. The largest absolute Gasteiger partial charge is 0.486 e. The molecule has 4 rings (SSSR count). The van der Waals surface area contributed by atoms with Crippen molar-refractivity contribution in [1.29, 1.82) is 0 Å². The van der Waals surface area contributed by atoms with Gasteiger partial charge in [0.15, 0.2) is 11.5 Å². The SMILES string of the molecule is CCN(CC(=O)Nc1ccc2c(c1)OCCO2)C(=O)c1ccc(N2CCCC2=O)cc1. The Morgan fingerprint density at radius 2 is 1.81 bits per heavy atom. The third-order valence-electron chi connectivity index (χ3n) is 5.33. The zero-order valence-electron chi connectivity index (χ0n) is 17.4. The zero-order valence-corrected chi connectivity index (χ0v) is 17.4. The van der Waals surface area contributed by atoms with Gasteiger partial charge in [-0.1, -0.05) is 0 Å². The Kier molecular flexibility index (Phi) is 6.06. The second-order valence-corrected chi connectivity index (χ2v) is 7.42. The van der Waals surface area contributed by atoms with Gasteiger partial charge in [0.1, 0.15) is 19.8 Å². The quantitative estimate of drug-likeness (QED) is 0.772. The van der Waals surface area contributed by atoms with Gasteiger partial charge in [0.05, 0.1) is 0 Å². The highest BCUT2D eigenvalue weighted by atomic mass is 16.6. The van der Waals surface area contributed by atoms with Gasteiger partial charge in [-0.15, -0.1) is 0 Å². The Labute approximate surface area is 180 Å². The summed E-state index contributed by atoms with van der Waals surface area (Å²) in [7, 11) is 0. The molecule has 3 amide bonds. The topological polar surface area (TPSA) is 88.2 Å². The molecule has 31 heavy (non-hydrogen) atoms. The van der Waals surface area contributed by atoms with Crippen molar-refractivity contribution in [2.75, 3.05) is 43.1 Å². The fourth-order valence-corrected chi connectivity index (χ4v) is 3.71. The first-order valence-electron chi connectivity index (χ1n) is 10.4. The molecule has 8 nitrogen and oxygen atoms in total. The van der Waals surface area contributed by atoms with Crippen LogP contribution in [0.2, 0.25) is 0 Å². The maximum absolute atomic E-state index is 12.9. The molecule has 1 saturated heterocycles. The molecule has 0 radical (unpaired) electrons. The van der Waals surface area contributed by atoms with Crippen molar-refractivity contribution in [3.63, 3.8) is 0 Å². The third kappa shape index (κ3) is 4.63. The summed E-state index contributed by atoms with van der Waals surface area (Å²) in [5, 5.41) is 2.80. The van der Waals surface area contributed by atoms with Crippen molar-refractivity contribution >= 4 is 29.1 Å². The van der Waals surface area contributed by atoms with Gasteiger partial charge in [-0.05, 0) is 49.7 Å². The van der Waals surface area contributed by atoms with Crippen LogP contribution in [0.4, 0.5) is 11.4 Å². The monoisotopic (exact) mass is 423 g/mol. The molecule has 0 unspecified atom stereocenters. The minimum atomic E-state index is -0.300. The average molecular weight is 423 g/mol. The molecule has 8 heteroatoms. The summed E-state index contributed by atoms with van der Waals surface area (Å²) in [6.45, 7) is 3.81.